The van der Waals surface area contributed by atoms with Crippen molar-refractivity contribution < 1.29 is 7.65 Å². The molecule has 176 valence electrons. The minimum absolute atomic E-state index is 0. The van der Waals surface area contributed by atoms with Gasteiger partial charge in [-0.25, -0.2) is 9.98 Å². The van der Waals surface area contributed by atoms with Crippen molar-refractivity contribution in [2.45, 2.75) is 34.1 Å². The summed E-state index contributed by atoms with van der Waals surface area (Å²) in [5, 5.41) is 6.34. The number of hydrogen-bond donors (Lipinski definition) is 2. The number of rotatable bonds is 4. The van der Waals surface area contributed by atoms with Crippen LogP contribution < -0.4 is 10.6 Å². The summed E-state index contributed by atoms with van der Waals surface area (Å²) < 4.78 is 2.06. The van der Waals surface area contributed by atoms with E-state index in [0.29, 0.717) is 12.0 Å². The zero-order valence-corrected chi connectivity index (χ0v) is 20.0. The summed E-state index contributed by atoms with van der Waals surface area (Å²) >= 11 is 0. The number of para-hydroxylation sites is 1. The molecule has 0 spiro atoms. The maximum atomic E-state index is 12.7. The molecule has 0 fully saturated rings. The average molecular weight is 456 g/mol. The lowest BCUT2D eigenvalue weighted by molar-refractivity contribution is 0.102. The smallest absolute Gasteiger partial charge is 0.255 e. The molecule has 0 unspecified atom stereocenters. The van der Waals surface area contributed by atoms with Gasteiger partial charge < -0.3 is 10.6 Å². The van der Waals surface area contributed by atoms with Gasteiger partial charge in [0.1, 0.15) is 11.5 Å². The minimum atomic E-state index is -0.142. The quantitative estimate of drug-likeness (QED) is 0.349. The molecule has 0 aliphatic carbocycles. The van der Waals surface area contributed by atoms with Crippen molar-refractivity contribution in [1.29, 1.82) is 0 Å². The highest BCUT2D eigenvalue weighted by atomic mass is 16.1. The fourth-order valence-electron chi connectivity index (χ4n) is 3.89. The third kappa shape index (κ3) is 4.76. The molecular formula is C28H33N5O. The van der Waals surface area contributed by atoms with Crippen molar-refractivity contribution in [2.24, 2.45) is 4.99 Å². The van der Waals surface area contributed by atoms with E-state index in [1.165, 1.54) is 0 Å². The van der Waals surface area contributed by atoms with Crippen LogP contribution in [0.2, 0.25) is 0 Å². The van der Waals surface area contributed by atoms with E-state index in [0.717, 1.165) is 45.5 Å². The van der Waals surface area contributed by atoms with Crippen molar-refractivity contribution in [1.82, 2.24) is 9.38 Å². The summed E-state index contributed by atoms with van der Waals surface area (Å²) in [6.45, 7) is 7.97. The predicted molar refractivity (Wildman–Crippen MR) is 145 cm³/mol. The van der Waals surface area contributed by atoms with Gasteiger partial charge in [-0.1, -0.05) is 44.2 Å². The van der Waals surface area contributed by atoms with Crippen molar-refractivity contribution >= 4 is 34.5 Å². The molecule has 2 N–H and O–H groups in total. The van der Waals surface area contributed by atoms with Crippen LogP contribution in [0.1, 0.15) is 50.4 Å². The van der Waals surface area contributed by atoms with Gasteiger partial charge in [-0.3, -0.25) is 9.20 Å². The molecule has 1 aliphatic rings. The number of aromatic nitrogens is 2. The monoisotopic (exact) mass is 455 g/mol. The number of aliphatic imine (C=N–C) groups is 1. The highest BCUT2D eigenvalue weighted by Gasteiger charge is 2.18. The van der Waals surface area contributed by atoms with Gasteiger partial charge in [0.05, 0.1) is 17.1 Å². The number of pyridine rings is 1. The summed E-state index contributed by atoms with van der Waals surface area (Å²) in [5.74, 6) is 0.693. The highest BCUT2D eigenvalue weighted by molar-refractivity contribution is 6.07. The number of hydrogen-bond acceptors (Lipinski definition) is 4. The van der Waals surface area contributed by atoms with Crippen LogP contribution in [0, 0.1) is 13.8 Å². The van der Waals surface area contributed by atoms with Gasteiger partial charge >= 0.3 is 0 Å². The van der Waals surface area contributed by atoms with E-state index in [1.807, 2.05) is 94.6 Å². The number of amides is 1. The lowest BCUT2D eigenvalue weighted by atomic mass is 10.1. The van der Waals surface area contributed by atoms with Crippen LogP contribution in [-0.2, 0) is 0 Å². The lowest BCUT2D eigenvalue weighted by Crippen LogP contribution is -2.14. The Morgan fingerprint density at radius 1 is 1.00 bits per heavy atom. The van der Waals surface area contributed by atoms with Gasteiger partial charge in [0.2, 0.25) is 0 Å². The predicted octanol–water partition coefficient (Wildman–Crippen LogP) is 6.98. The molecule has 2 aromatic carbocycles. The summed E-state index contributed by atoms with van der Waals surface area (Å²) in [4.78, 5) is 22.2. The first-order valence-corrected chi connectivity index (χ1v) is 11.5. The number of carbonyl (C=O) groups is 1. The SMILES string of the molecule is CC.Cc1ccccc1NC(=O)c1cccc(NC2=NC(c3c(C)nc4ccccn34)=CC2)c1.[HH].[HH]. The normalized spacial score (nSPS) is 12.5. The molecule has 0 bridgehead atoms. The van der Waals surface area contributed by atoms with Gasteiger partial charge in [-0.2, -0.15) is 0 Å². The summed E-state index contributed by atoms with van der Waals surface area (Å²) in [5.41, 5.74) is 7.01. The first-order chi connectivity index (χ1) is 16.6. The molecule has 0 radical (unpaired) electrons. The van der Waals surface area contributed by atoms with Gasteiger partial charge in [-0.05, 0) is 61.9 Å². The zero-order chi connectivity index (χ0) is 24.1. The number of benzene rings is 2. The molecule has 4 aromatic rings. The van der Waals surface area contributed by atoms with Crippen LogP contribution in [0.3, 0.4) is 0 Å². The fourth-order valence-corrected chi connectivity index (χ4v) is 3.89. The van der Waals surface area contributed by atoms with Crippen molar-refractivity contribution in [3.63, 3.8) is 0 Å². The van der Waals surface area contributed by atoms with Crippen molar-refractivity contribution in [3.8, 4) is 0 Å². The van der Waals surface area contributed by atoms with E-state index in [-0.39, 0.29) is 8.76 Å². The van der Waals surface area contributed by atoms with Crippen LogP contribution in [0.25, 0.3) is 11.3 Å². The molecule has 0 saturated carbocycles. The van der Waals surface area contributed by atoms with Crippen molar-refractivity contribution in [3.05, 3.63) is 102 Å². The fraction of sp³-hybridized carbons (Fsp3) is 0.179. The maximum absolute atomic E-state index is 12.7. The number of imidazole rings is 1. The number of aryl methyl sites for hydroxylation is 2. The molecule has 5 rings (SSSR count). The second-order valence-corrected chi connectivity index (χ2v) is 7.80. The second kappa shape index (κ2) is 10.2. The van der Waals surface area contributed by atoms with Crippen molar-refractivity contribution in [2.75, 3.05) is 10.6 Å². The van der Waals surface area contributed by atoms with Crippen LogP contribution in [-0.4, -0.2) is 21.1 Å². The number of fused-ring (bicyclic) bond motifs is 1. The van der Waals surface area contributed by atoms with E-state index in [9.17, 15) is 4.79 Å². The average Bonchev–Trinajstić information content (AvgIpc) is 3.44. The Morgan fingerprint density at radius 3 is 2.62 bits per heavy atom. The second-order valence-electron chi connectivity index (χ2n) is 7.80. The molecule has 0 saturated heterocycles. The molecule has 1 amide bonds. The topological polar surface area (TPSA) is 70.8 Å². The summed E-state index contributed by atoms with van der Waals surface area (Å²) in [6, 6.07) is 21.1. The molecule has 3 heterocycles. The standard InChI is InChI=1S/C26H23N5O.C2H6.2H2/c1-17-8-3-4-11-21(17)30-26(32)19-9-7-10-20(16-19)28-23-14-13-22(29-23)25-18(2)27-24-12-5-6-15-31(24)25;1-2;;/h3-13,15-16H,14H2,1-2H3,(H,28,29)(H,30,32);1-2H3;2*1H. The molecule has 0 atom stereocenters. The molecule has 2 aromatic heterocycles. The Morgan fingerprint density at radius 2 is 1.79 bits per heavy atom. The van der Waals surface area contributed by atoms with E-state index < -0.39 is 0 Å². The number of amidine groups is 1. The highest BCUT2D eigenvalue weighted by Crippen LogP contribution is 2.27. The third-order valence-electron chi connectivity index (χ3n) is 5.50. The number of nitrogens with zero attached hydrogens (tertiary/aromatic N) is 3. The Kier molecular flexibility index (Phi) is 6.87. The molecule has 34 heavy (non-hydrogen) atoms. The molecule has 1 aliphatic heterocycles. The van der Waals surface area contributed by atoms with Gasteiger partial charge in [-0.15, -0.1) is 0 Å². The first kappa shape index (κ1) is 23.0. The van der Waals surface area contributed by atoms with Crippen LogP contribution >= 0.6 is 0 Å². The number of anilines is 2. The van der Waals surface area contributed by atoms with Gasteiger partial charge in [0, 0.05) is 32.4 Å². The zero-order valence-electron chi connectivity index (χ0n) is 20.0. The molecule has 6 nitrogen and oxygen atoms in total. The van der Waals surface area contributed by atoms with Crippen LogP contribution in [0.15, 0.2) is 84.0 Å². The first-order valence-electron chi connectivity index (χ1n) is 11.5. The maximum Gasteiger partial charge on any atom is 0.255 e. The number of nitrogens with one attached hydrogen (secondary N) is 2. The molecule has 6 heteroatoms. The lowest BCUT2D eigenvalue weighted by Gasteiger charge is -2.10. The van der Waals surface area contributed by atoms with Crippen LogP contribution in [0.5, 0.6) is 0 Å². The minimum Gasteiger partial charge on any atom is -0.343 e. The Balaban J connectivity index is 0.00000111. The summed E-state index contributed by atoms with van der Waals surface area (Å²) in [6.07, 6.45) is 4.79. The Bertz CT molecular complexity index is 1410. The van der Waals surface area contributed by atoms with E-state index in [4.69, 9.17) is 4.99 Å². The number of carbonyl (C=O) groups excluding carboxylic acids is 1. The van der Waals surface area contributed by atoms with Gasteiger partial charge in [0.25, 0.3) is 5.91 Å². The molecular weight excluding hydrogens is 422 g/mol. The van der Waals surface area contributed by atoms with E-state index in [1.54, 1.807) is 6.07 Å². The van der Waals surface area contributed by atoms with E-state index >= 15 is 0 Å². The Labute approximate surface area is 203 Å². The van der Waals surface area contributed by atoms with Gasteiger partial charge in [0.15, 0.2) is 0 Å². The summed E-state index contributed by atoms with van der Waals surface area (Å²) in [7, 11) is 0. The third-order valence-corrected chi connectivity index (χ3v) is 5.50. The largest absolute Gasteiger partial charge is 0.343 e. The Hall–Kier alpha value is -4.19. The van der Waals surface area contributed by atoms with Crippen LogP contribution in [0.4, 0.5) is 11.4 Å². The van der Waals surface area contributed by atoms with E-state index in [2.05, 4.69) is 26.1 Å².